The number of likely N-dealkylation sites (tertiary alicyclic amines) is 1. The maximum Gasteiger partial charge on any atom is 0.254 e. The number of hydrogen-bond acceptors (Lipinski definition) is 4. The number of hydrogen-bond donors (Lipinski definition) is 1. The van der Waals surface area contributed by atoms with Crippen LogP contribution in [0.3, 0.4) is 0 Å². The lowest BCUT2D eigenvalue weighted by Gasteiger charge is -2.37. The van der Waals surface area contributed by atoms with Gasteiger partial charge in [-0.05, 0) is 75.4 Å². The number of rotatable bonds is 8. The molecule has 182 valence electrons. The van der Waals surface area contributed by atoms with E-state index < -0.39 is 6.04 Å². The van der Waals surface area contributed by atoms with E-state index in [1.165, 1.54) is 0 Å². The van der Waals surface area contributed by atoms with Crippen molar-refractivity contribution >= 4 is 17.7 Å². The number of carbonyl (C=O) groups excluding carboxylic acids is 3. The zero-order chi connectivity index (χ0) is 24.7. The van der Waals surface area contributed by atoms with Crippen molar-refractivity contribution in [1.82, 2.24) is 15.1 Å². The number of methoxy groups -OCH3 is 1. The van der Waals surface area contributed by atoms with Gasteiger partial charge < -0.3 is 19.9 Å². The van der Waals surface area contributed by atoms with Crippen LogP contribution in [0.2, 0.25) is 0 Å². The fraction of sp³-hybridized carbons (Fsp3) is 0.444. The summed E-state index contributed by atoms with van der Waals surface area (Å²) >= 11 is 0. The third-order valence-electron chi connectivity index (χ3n) is 6.65. The molecule has 7 nitrogen and oxygen atoms in total. The highest BCUT2D eigenvalue weighted by atomic mass is 16.5. The topological polar surface area (TPSA) is 79.0 Å². The van der Waals surface area contributed by atoms with Gasteiger partial charge in [-0.1, -0.05) is 18.2 Å². The highest BCUT2D eigenvalue weighted by Gasteiger charge is 2.36. The molecule has 0 radical (unpaired) electrons. The van der Waals surface area contributed by atoms with E-state index in [1.54, 1.807) is 36.3 Å². The summed E-state index contributed by atoms with van der Waals surface area (Å²) in [5.74, 6) is 0.279. The lowest BCUT2D eigenvalue weighted by Crippen LogP contribution is -2.54. The zero-order valence-corrected chi connectivity index (χ0v) is 20.5. The molecule has 0 aromatic heterocycles. The first-order valence-electron chi connectivity index (χ1n) is 12.0. The maximum absolute atomic E-state index is 13.4. The van der Waals surface area contributed by atoms with Gasteiger partial charge in [0.1, 0.15) is 11.8 Å². The highest BCUT2D eigenvalue weighted by molar-refractivity contribution is 5.98. The van der Waals surface area contributed by atoms with E-state index in [2.05, 4.69) is 5.32 Å². The average molecular weight is 466 g/mol. The summed E-state index contributed by atoms with van der Waals surface area (Å²) < 4.78 is 5.17. The van der Waals surface area contributed by atoms with Gasteiger partial charge in [0.15, 0.2) is 0 Å². The Morgan fingerprint density at radius 1 is 1.03 bits per heavy atom. The summed E-state index contributed by atoms with van der Waals surface area (Å²) in [6, 6.07) is 13.8. The van der Waals surface area contributed by atoms with Crippen molar-refractivity contribution in [2.24, 2.45) is 5.92 Å². The molecule has 1 atom stereocenters. The monoisotopic (exact) mass is 465 g/mol. The molecule has 3 rings (SSSR count). The quantitative estimate of drug-likeness (QED) is 0.647. The van der Waals surface area contributed by atoms with Crippen molar-refractivity contribution in [2.45, 2.75) is 39.7 Å². The molecule has 2 aromatic rings. The van der Waals surface area contributed by atoms with Crippen LogP contribution in [0.15, 0.2) is 48.5 Å². The van der Waals surface area contributed by atoms with Gasteiger partial charge in [0.25, 0.3) is 11.8 Å². The molecule has 0 spiro atoms. The Hall–Kier alpha value is -3.35. The van der Waals surface area contributed by atoms with Gasteiger partial charge in [0, 0.05) is 37.3 Å². The van der Waals surface area contributed by atoms with Crippen LogP contribution in [0.4, 0.5) is 0 Å². The predicted molar refractivity (Wildman–Crippen MR) is 132 cm³/mol. The van der Waals surface area contributed by atoms with Crippen LogP contribution in [0.25, 0.3) is 0 Å². The summed E-state index contributed by atoms with van der Waals surface area (Å²) in [5, 5.41) is 3.00. The first-order chi connectivity index (χ1) is 16.4. The molecule has 1 aliphatic heterocycles. The third kappa shape index (κ3) is 5.76. The van der Waals surface area contributed by atoms with Gasteiger partial charge in [0.05, 0.1) is 7.11 Å². The Bertz CT molecular complexity index is 993. The molecule has 1 heterocycles. The molecule has 3 amide bonds. The molecule has 7 heteroatoms. The Balaban J connectivity index is 1.73. The minimum atomic E-state index is -0.634. The first-order valence-corrected chi connectivity index (χ1v) is 12.0. The number of nitrogens with zero attached hydrogens (tertiary/aromatic N) is 2. The predicted octanol–water partition coefficient (Wildman–Crippen LogP) is 3.52. The van der Waals surface area contributed by atoms with E-state index in [4.69, 9.17) is 4.74 Å². The smallest absolute Gasteiger partial charge is 0.254 e. The van der Waals surface area contributed by atoms with Gasteiger partial charge in [-0.15, -0.1) is 0 Å². The number of aryl methyl sites for hydroxylation is 1. The Morgan fingerprint density at radius 2 is 1.65 bits per heavy atom. The van der Waals surface area contributed by atoms with Crippen LogP contribution in [-0.2, 0) is 4.79 Å². The second kappa shape index (κ2) is 11.7. The van der Waals surface area contributed by atoms with Crippen LogP contribution in [0.5, 0.6) is 5.75 Å². The van der Waals surface area contributed by atoms with Gasteiger partial charge in [-0.25, -0.2) is 0 Å². The van der Waals surface area contributed by atoms with Crippen LogP contribution in [0, 0.1) is 12.8 Å². The Labute approximate surface area is 202 Å². The molecule has 0 bridgehead atoms. The van der Waals surface area contributed by atoms with Crippen molar-refractivity contribution in [3.05, 3.63) is 65.2 Å². The summed E-state index contributed by atoms with van der Waals surface area (Å²) in [4.78, 5) is 43.0. The Kier molecular flexibility index (Phi) is 8.68. The van der Waals surface area contributed by atoms with Crippen molar-refractivity contribution in [2.75, 3.05) is 33.3 Å². The van der Waals surface area contributed by atoms with Crippen LogP contribution in [-0.4, -0.2) is 66.9 Å². The second-order valence-corrected chi connectivity index (χ2v) is 8.63. The fourth-order valence-electron chi connectivity index (χ4n) is 4.50. The summed E-state index contributed by atoms with van der Waals surface area (Å²) in [6.45, 7) is 8.08. The molecular formula is C27H35N3O4. The lowest BCUT2D eigenvalue weighted by atomic mass is 9.87. The summed E-state index contributed by atoms with van der Waals surface area (Å²) in [5.41, 5.74) is 2.14. The normalized spacial score (nSPS) is 14.9. The fourth-order valence-corrected chi connectivity index (χ4v) is 4.50. The number of carbonyl (C=O) groups is 3. The van der Waals surface area contributed by atoms with Gasteiger partial charge >= 0.3 is 0 Å². The standard InChI is InChI=1S/C27H35N3O4/c1-5-29(6-2)27(33)24(28-25(31)21-11-13-22(34-4)14-12-21)20-15-17-30(18-16-20)26(32)23-10-8-7-9-19(23)3/h7-14,20,24H,5-6,15-18H2,1-4H3,(H,28,31)/t24-/m0/s1. The van der Waals surface area contributed by atoms with E-state index >= 15 is 0 Å². The van der Waals surface area contributed by atoms with Crippen molar-refractivity contribution in [3.63, 3.8) is 0 Å². The zero-order valence-electron chi connectivity index (χ0n) is 20.5. The average Bonchev–Trinajstić information content (AvgIpc) is 2.88. The number of nitrogens with one attached hydrogen (secondary N) is 1. The van der Waals surface area contributed by atoms with E-state index in [0.717, 1.165) is 5.56 Å². The highest BCUT2D eigenvalue weighted by Crippen LogP contribution is 2.25. The molecular weight excluding hydrogens is 430 g/mol. The van der Waals surface area contributed by atoms with E-state index in [9.17, 15) is 14.4 Å². The van der Waals surface area contributed by atoms with Crippen LogP contribution < -0.4 is 10.1 Å². The second-order valence-electron chi connectivity index (χ2n) is 8.63. The van der Waals surface area contributed by atoms with Gasteiger partial charge in [0.2, 0.25) is 5.91 Å². The maximum atomic E-state index is 13.4. The third-order valence-corrected chi connectivity index (χ3v) is 6.65. The molecule has 0 saturated carbocycles. The van der Waals surface area contributed by atoms with Crippen LogP contribution >= 0.6 is 0 Å². The summed E-state index contributed by atoms with van der Waals surface area (Å²) in [6.07, 6.45) is 1.30. The van der Waals surface area contributed by atoms with E-state index in [0.29, 0.717) is 55.9 Å². The number of benzene rings is 2. The molecule has 1 fully saturated rings. The molecule has 1 N–H and O–H groups in total. The van der Waals surface area contributed by atoms with E-state index in [1.807, 2.05) is 49.9 Å². The minimum Gasteiger partial charge on any atom is -0.497 e. The first kappa shape index (κ1) is 25.3. The molecule has 1 aliphatic rings. The van der Waals surface area contributed by atoms with Crippen molar-refractivity contribution < 1.29 is 19.1 Å². The number of ether oxygens (including phenoxy) is 1. The minimum absolute atomic E-state index is 0.0189. The molecule has 0 aliphatic carbocycles. The molecule has 34 heavy (non-hydrogen) atoms. The van der Waals surface area contributed by atoms with Crippen molar-refractivity contribution in [1.29, 1.82) is 0 Å². The molecule has 2 aromatic carbocycles. The van der Waals surface area contributed by atoms with Crippen molar-refractivity contribution in [3.8, 4) is 5.75 Å². The number of amides is 3. The number of piperidine rings is 1. The largest absolute Gasteiger partial charge is 0.497 e. The van der Waals surface area contributed by atoms with Gasteiger partial charge in [-0.2, -0.15) is 0 Å². The lowest BCUT2D eigenvalue weighted by molar-refractivity contribution is -0.134. The van der Waals surface area contributed by atoms with E-state index in [-0.39, 0.29) is 23.6 Å². The SMILES string of the molecule is CCN(CC)C(=O)[C@@H](NC(=O)c1ccc(OC)cc1)C1CCN(C(=O)c2ccccc2C)CC1. The molecule has 0 unspecified atom stereocenters. The Morgan fingerprint density at radius 3 is 2.21 bits per heavy atom. The van der Waals surface area contributed by atoms with Gasteiger partial charge in [-0.3, -0.25) is 14.4 Å². The summed E-state index contributed by atoms with van der Waals surface area (Å²) in [7, 11) is 1.57. The van der Waals surface area contributed by atoms with Crippen LogP contribution in [0.1, 0.15) is 53.0 Å². The molecule has 1 saturated heterocycles. The number of likely N-dealkylation sites (N-methyl/N-ethyl adjacent to an activating group) is 1.